The molecule has 1 rings (SSSR count). The van der Waals surface area contributed by atoms with Gasteiger partial charge >= 0.3 is 12.1 Å². The molecule has 3 nitrogen and oxygen atoms in total. The summed E-state index contributed by atoms with van der Waals surface area (Å²) < 4.78 is 35.3. The largest absolute Gasteiger partial charge is 0.471 e. The summed E-state index contributed by atoms with van der Waals surface area (Å²) in [7, 11) is 0. The Balaban J connectivity index is 2.37. The van der Waals surface area contributed by atoms with Gasteiger partial charge in [-0.25, -0.2) is 0 Å². The molecular weight excluding hydrogens is 221 g/mol. The summed E-state index contributed by atoms with van der Waals surface area (Å²) >= 11 is 0. The third-order valence-corrected chi connectivity index (χ3v) is 1.63. The van der Waals surface area contributed by atoms with E-state index in [1.165, 1.54) is 6.08 Å². The highest BCUT2D eigenvalue weighted by Crippen LogP contribution is 2.13. The van der Waals surface area contributed by atoms with Crippen LogP contribution in [0, 0.1) is 0 Å². The quantitative estimate of drug-likeness (QED) is 0.859. The van der Waals surface area contributed by atoms with Gasteiger partial charge < -0.3 is 5.32 Å². The smallest absolute Gasteiger partial charge is 0.345 e. The number of aromatic nitrogens is 1. The van der Waals surface area contributed by atoms with E-state index in [1.54, 1.807) is 35.9 Å². The second-order valence-corrected chi connectivity index (χ2v) is 2.90. The van der Waals surface area contributed by atoms with E-state index >= 15 is 0 Å². The standard InChI is InChI=1S/C10H9F3N2O/c11-10(12,13)9(16)15-6-2-4-8-3-1-5-14-7-8/h1-5,7H,6H2,(H,15,16). The maximum atomic E-state index is 11.8. The van der Waals surface area contributed by atoms with Crippen LogP contribution < -0.4 is 5.32 Å². The molecule has 0 saturated carbocycles. The van der Waals surface area contributed by atoms with Crippen LogP contribution in [-0.2, 0) is 4.79 Å². The molecular formula is C10H9F3N2O. The van der Waals surface area contributed by atoms with Crippen LogP contribution in [0.2, 0.25) is 0 Å². The molecule has 0 radical (unpaired) electrons. The van der Waals surface area contributed by atoms with E-state index in [9.17, 15) is 18.0 Å². The summed E-state index contributed by atoms with van der Waals surface area (Å²) in [4.78, 5) is 14.2. The summed E-state index contributed by atoms with van der Waals surface area (Å²) in [5.41, 5.74) is 0.753. The van der Waals surface area contributed by atoms with Crippen molar-refractivity contribution in [2.45, 2.75) is 6.18 Å². The van der Waals surface area contributed by atoms with Crippen molar-refractivity contribution in [3.63, 3.8) is 0 Å². The predicted molar refractivity (Wildman–Crippen MR) is 52.3 cm³/mol. The number of nitrogens with zero attached hydrogens (tertiary/aromatic N) is 1. The lowest BCUT2D eigenvalue weighted by Crippen LogP contribution is -2.36. The van der Waals surface area contributed by atoms with Crippen molar-refractivity contribution in [3.8, 4) is 0 Å². The average molecular weight is 230 g/mol. The van der Waals surface area contributed by atoms with E-state index in [1.807, 2.05) is 0 Å². The van der Waals surface area contributed by atoms with Crippen molar-refractivity contribution >= 4 is 12.0 Å². The lowest BCUT2D eigenvalue weighted by atomic mass is 10.2. The molecule has 1 amide bonds. The van der Waals surface area contributed by atoms with Crippen LogP contribution in [0.15, 0.2) is 30.6 Å². The van der Waals surface area contributed by atoms with Crippen LogP contribution in [0.5, 0.6) is 0 Å². The molecule has 0 spiro atoms. The minimum absolute atomic E-state index is 0.173. The van der Waals surface area contributed by atoms with Gasteiger partial charge in [-0.2, -0.15) is 13.2 Å². The molecule has 1 heterocycles. The molecule has 0 aliphatic rings. The molecule has 1 N–H and O–H groups in total. The minimum atomic E-state index is -4.83. The van der Waals surface area contributed by atoms with Gasteiger partial charge in [0.1, 0.15) is 0 Å². The lowest BCUT2D eigenvalue weighted by molar-refractivity contribution is -0.173. The zero-order chi connectivity index (χ0) is 12.0. The summed E-state index contributed by atoms with van der Waals surface area (Å²) in [5, 5.41) is 1.72. The maximum Gasteiger partial charge on any atom is 0.471 e. The van der Waals surface area contributed by atoms with E-state index in [2.05, 4.69) is 4.98 Å². The molecule has 6 heteroatoms. The first-order valence-electron chi connectivity index (χ1n) is 4.42. The van der Waals surface area contributed by atoms with E-state index in [4.69, 9.17) is 0 Å². The topological polar surface area (TPSA) is 42.0 Å². The first-order valence-corrected chi connectivity index (χ1v) is 4.42. The molecule has 0 fully saturated rings. The molecule has 0 aromatic carbocycles. The number of carbonyl (C=O) groups excluding carboxylic acids is 1. The minimum Gasteiger partial charge on any atom is -0.345 e. The molecule has 0 unspecified atom stereocenters. The number of pyridine rings is 1. The van der Waals surface area contributed by atoms with Gasteiger partial charge in [-0.3, -0.25) is 9.78 Å². The summed E-state index contributed by atoms with van der Waals surface area (Å²) in [6.07, 6.45) is 1.30. The van der Waals surface area contributed by atoms with E-state index in [0.29, 0.717) is 0 Å². The van der Waals surface area contributed by atoms with Crippen LogP contribution in [0.3, 0.4) is 0 Å². The molecule has 0 bridgehead atoms. The van der Waals surface area contributed by atoms with Gasteiger partial charge in [0, 0.05) is 18.9 Å². The van der Waals surface area contributed by atoms with Crippen LogP contribution in [-0.4, -0.2) is 23.6 Å². The first-order chi connectivity index (χ1) is 7.50. The van der Waals surface area contributed by atoms with Gasteiger partial charge in [0.25, 0.3) is 0 Å². The Kier molecular flexibility index (Phi) is 4.04. The lowest BCUT2D eigenvalue weighted by Gasteiger charge is -2.04. The molecule has 1 aromatic heterocycles. The third-order valence-electron chi connectivity index (χ3n) is 1.63. The molecule has 0 atom stereocenters. The summed E-state index contributed by atoms with van der Waals surface area (Å²) in [6.45, 7) is -0.173. The summed E-state index contributed by atoms with van der Waals surface area (Å²) in [6, 6.07) is 3.45. The number of alkyl halides is 3. The zero-order valence-corrected chi connectivity index (χ0v) is 8.16. The highest BCUT2D eigenvalue weighted by atomic mass is 19.4. The number of rotatable bonds is 3. The van der Waals surface area contributed by atoms with Crippen LogP contribution in [0.1, 0.15) is 5.56 Å². The van der Waals surface area contributed by atoms with Crippen LogP contribution in [0.4, 0.5) is 13.2 Å². The van der Waals surface area contributed by atoms with Gasteiger partial charge in [0.05, 0.1) is 0 Å². The van der Waals surface area contributed by atoms with E-state index in [-0.39, 0.29) is 6.54 Å². The van der Waals surface area contributed by atoms with Crippen molar-refractivity contribution in [2.24, 2.45) is 0 Å². The Morgan fingerprint density at radius 3 is 2.81 bits per heavy atom. The van der Waals surface area contributed by atoms with Gasteiger partial charge in [-0.05, 0) is 11.6 Å². The van der Waals surface area contributed by atoms with E-state index < -0.39 is 12.1 Å². The Morgan fingerprint density at radius 1 is 1.50 bits per heavy atom. The predicted octanol–water partition coefficient (Wildman–Crippen LogP) is 1.77. The number of hydrogen-bond acceptors (Lipinski definition) is 2. The molecule has 16 heavy (non-hydrogen) atoms. The second kappa shape index (κ2) is 5.29. The fourth-order valence-corrected chi connectivity index (χ4v) is 0.921. The van der Waals surface area contributed by atoms with Gasteiger partial charge in [0.15, 0.2) is 0 Å². The second-order valence-electron chi connectivity index (χ2n) is 2.90. The highest BCUT2D eigenvalue weighted by molar-refractivity contribution is 5.81. The molecule has 0 aliphatic carbocycles. The van der Waals surface area contributed by atoms with Crippen LogP contribution in [0.25, 0.3) is 6.08 Å². The zero-order valence-electron chi connectivity index (χ0n) is 8.16. The molecule has 86 valence electrons. The Hall–Kier alpha value is -1.85. The fourth-order valence-electron chi connectivity index (χ4n) is 0.921. The number of amides is 1. The Labute approximate surface area is 90.0 Å². The third kappa shape index (κ3) is 4.12. The molecule has 0 saturated heterocycles. The van der Waals surface area contributed by atoms with Crippen molar-refractivity contribution in [2.75, 3.05) is 6.54 Å². The highest BCUT2D eigenvalue weighted by Gasteiger charge is 2.37. The Morgan fingerprint density at radius 2 is 2.25 bits per heavy atom. The average Bonchev–Trinajstić information content (AvgIpc) is 2.24. The first kappa shape index (κ1) is 12.2. The van der Waals surface area contributed by atoms with Gasteiger partial charge in [-0.1, -0.05) is 18.2 Å². The monoisotopic (exact) mass is 230 g/mol. The number of hydrogen-bond donors (Lipinski definition) is 1. The summed E-state index contributed by atoms with van der Waals surface area (Å²) in [5.74, 6) is -1.94. The van der Waals surface area contributed by atoms with E-state index in [0.717, 1.165) is 5.56 Å². The van der Waals surface area contributed by atoms with Gasteiger partial charge in [0.2, 0.25) is 0 Å². The Bertz CT molecular complexity index is 373. The van der Waals surface area contributed by atoms with Crippen molar-refractivity contribution in [1.82, 2.24) is 10.3 Å². The van der Waals surface area contributed by atoms with Gasteiger partial charge in [-0.15, -0.1) is 0 Å². The number of carbonyl (C=O) groups is 1. The fraction of sp³-hybridized carbons (Fsp3) is 0.200. The number of nitrogens with one attached hydrogen (secondary N) is 1. The number of halogens is 3. The van der Waals surface area contributed by atoms with Crippen LogP contribution >= 0.6 is 0 Å². The SMILES string of the molecule is O=C(NCC=Cc1cccnc1)C(F)(F)F. The molecule has 0 aliphatic heterocycles. The van der Waals surface area contributed by atoms with Crippen molar-refractivity contribution in [1.29, 1.82) is 0 Å². The molecule has 1 aromatic rings. The van der Waals surface area contributed by atoms with Crippen molar-refractivity contribution in [3.05, 3.63) is 36.2 Å². The normalized spacial score (nSPS) is 11.7. The van der Waals surface area contributed by atoms with Crippen molar-refractivity contribution < 1.29 is 18.0 Å². The maximum absolute atomic E-state index is 11.8.